The molecule has 0 spiro atoms. The largest absolute Gasteiger partial charge is 0.534 e. The maximum absolute atomic E-state index is 13.4. The van der Waals surface area contributed by atoms with E-state index in [4.69, 9.17) is 0 Å². The Hall–Kier alpha value is -2.10. The summed E-state index contributed by atoms with van der Waals surface area (Å²) in [5.74, 6) is -2.30. The van der Waals surface area contributed by atoms with Crippen molar-refractivity contribution in [3.63, 3.8) is 0 Å². The Kier molecular flexibility index (Phi) is 3.66. The summed E-state index contributed by atoms with van der Waals surface area (Å²) < 4.78 is 76.9. The van der Waals surface area contributed by atoms with Crippen molar-refractivity contribution in [3.05, 3.63) is 42.0 Å². The van der Waals surface area contributed by atoms with Crippen LogP contribution < -0.4 is 4.18 Å². The first-order valence-corrected chi connectivity index (χ1v) is 6.84. The lowest BCUT2D eigenvalue weighted by molar-refractivity contribution is -0.0500. The van der Waals surface area contributed by atoms with Gasteiger partial charge in [0.15, 0.2) is 11.6 Å². The Morgan fingerprint density at radius 1 is 1.24 bits per heavy atom. The fraction of sp³-hybridized carbons (Fsp3) is 0.182. The number of aromatic nitrogens is 2. The first-order valence-electron chi connectivity index (χ1n) is 5.43. The molecule has 0 unspecified atom stereocenters. The normalized spacial score (nSPS) is 12.4. The van der Waals surface area contributed by atoms with Gasteiger partial charge in [-0.1, -0.05) is 0 Å². The van der Waals surface area contributed by atoms with Gasteiger partial charge in [-0.05, 0) is 25.1 Å². The van der Waals surface area contributed by atoms with Gasteiger partial charge in [0.2, 0.25) is 0 Å². The number of halogens is 4. The molecule has 0 amide bonds. The molecule has 0 bridgehead atoms. The van der Waals surface area contributed by atoms with E-state index in [1.54, 1.807) is 13.0 Å². The first-order chi connectivity index (χ1) is 9.60. The maximum Gasteiger partial charge on any atom is 0.534 e. The van der Waals surface area contributed by atoms with Gasteiger partial charge in [0.25, 0.3) is 0 Å². The summed E-state index contributed by atoms with van der Waals surface area (Å²) in [7, 11) is -5.94. The van der Waals surface area contributed by atoms with Crippen LogP contribution in [0, 0.1) is 12.7 Å². The monoisotopic (exact) mass is 324 g/mol. The molecule has 0 saturated carbocycles. The number of benzene rings is 1. The smallest absolute Gasteiger partial charge is 0.373 e. The minimum Gasteiger partial charge on any atom is -0.373 e. The minimum absolute atomic E-state index is 0.150. The van der Waals surface area contributed by atoms with Crippen molar-refractivity contribution in [1.29, 1.82) is 0 Å². The van der Waals surface area contributed by atoms with E-state index in [2.05, 4.69) is 9.28 Å². The van der Waals surface area contributed by atoms with Crippen LogP contribution in [0.4, 0.5) is 17.6 Å². The number of alkyl halides is 3. The van der Waals surface area contributed by atoms with Crippen molar-refractivity contribution in [2.75, 3.05) is 0 Å². The summed E-state index contributed by atoms with van der Waals surface area (Å²) in [6, 6.07) is 4.42. The molecule has 114 valence electrons. The minimum atomic E-state index is -5.94. The molecule has 0 N–H and O–H groups in total. The molecule has 0 fully saturated rings. The Labute approximate surface area is 116 Å². The fourth-order valence-corrected chi connectivity index (χ4v) is 1.88. The highest BCUT2D eigenvalue weighted by Gasteiger charge is 2.48. The molecule has 2 rings (SSSR count). The fourth-order valence-electron chi connectivity index (χ4n) is 1.42. The number of nitrogens with zero attached hydrogens (tertiary/aromatic N) is 2. The average Bonchev–Trinajstić information content (AvgIpc) is 2.77. The Balaban J connectivity index is 2.41. The zero-order chi connectivity index (χ0) is 15.8. The van der Waals surface area contributed by atoms with Crippen LogP contribution in [0.2, 0.25) is 0 Å². The third-order valence-electron chi connectivity index (χ3n) is 2.38. The van der Waals surface area contributed by atoms with Crippen LogP contribution in [0.3, 0.4) is 0 Å². The van der Waals surface area contributed by atoms with Crippen LogP contribution >= 0.6 is 0 Å². The molecular weight excluding hydrogens is 316 g/mol. The molecule has 10 heteroatoms. The van der Waals surface area contributed by atoms with E-state index in [-0.39, 0.29) is 5.69 Å². The summed E-state index contributed by atoms with van der Waals surface area (Å²) in [6.45, 7) is 1.67. The second-order valence-corrected chi connectivity index (χ2v) is 5.54. The zero-order valence-corrected chi connectivity index (χ0v) is 11.2. The Morgan fingerprint density at radius 3 is 2.43 bits per heavy atom. The highest BCUT2D eigenvalue weighted by Crippen LogP contribution is 2.29. The molecule has 1 aromatic heterocycles. The standard InChI is InChI=1S/C11H8F4N2O3S/c1-7-4-5-17(16-7)8-2-3-9(12)10(6-8)20-21(18,19)11(13,14)15/h2-6H,1H3. The van der Waals surface area contributed by atoms with Gasteiger partial charge in [0, 0.05) is 12.3 Å². The van der Waals surface area contributed by atoms with Gasteiger partial charge in [0.1, 0.15) is 0 Å². The molecule has 5 nitrogen and oxygen atoms in total. The molecule has 0 saturated heterocycles. The molecule has 0 aliphatic rings. The molecule has 1 aromatic carbocycles. The van der Waals surface area contributed by atoms with E-state index in [0.717, 1.165) is 12.1 Å². The van der Waals surface area contributed by atoms with Crippen molar-refractivity contribution >= 4 is 10.1 Å². The van der Waals surface area contributed by atoms with E-state index in [9.17, 15) is 26.0 Å². The van der Waals surface area contributed by atoms with Crippen molar-refractivity contribution < 1.29 is 30.2 Å². The number of rotatable bonds is 3. The third-order valence-corrected chi connectivity index (χ3v) is 3.35. The lowest BCUT2D eigenvalue weighted by atomic mass is 10.3. The van der Waals surface area contributed by atoms with Gasteiger partial charge in [-0.15, -0.1) is 0 Å². The summed E-state index contributed by atoms with van der Waals surface area (Å²) in [6.07, 6.45) is 1.48. The van der Waals surface area contributed by atoms with Gasteiger partial charge in [0.05, 0.1) is 11.4 Å². The lowest BCUT2D eigenvalue weighted by Gasteiger charge is -2.11. The van der Waals surface area contributed by atoms with Crippen molar-refractivity contribution in [2.45, 2.75) is 12.4 Å². The summed E-state index contributed by atoms with van der Waals surface area (Å²) in [5, 5.41) is 3.96. The maximum atomic E-state index is 13.4. The van der Waals surface area contributed by atoms with Gasteiger partial charge in [-0.2, -0.15) is 26.7 Å². The average molecular weight is 324 g/mol. The topological polar surface area (TPSA) is 61.2 Å². The highest BCUT2D eigenvalue weighted by atomic mass is 32.2. The third kappa shape index (κ3) is 3.15. The number of hydrogen-bond donors (Lipinski definition) is 0. The van der Waals surface area contributed by atoms with Gasteiger partial charge >= 0.3 is 15.6 Å². The summed E-state index contributed by atoms with van der Waals surface area (Å²) in [4.78, 5) is 0. The van der Waals surface area contributed by atoms with Crippen LogP contribution in [0.1, 0.15) is 5.69 Å². The summed E-state index contributed by atoms with van der Waals surface area (Å²) >= 11 is 0. The zero-order valence-electron chi connectivity index (χ0n) is 10.4. The van der Waals surface area contributed by atoms with Gasteiger partial charge < -0.3 is 4.18 Å². The van der Waals surface area contributed by atoms with E-state index in [0.29, 0.717) is 5.69 Å². The van der Waals surface area contributed by atoms with Crippen LogP contribution in [0.15, 0.2) is 30.5 Å². The Bertz CT molecular complexity index is 768. The second-order valence-electron chi connectivity index (χ2n) is 4.00. The first kappa shape index (κ1) is 15.3. The molecule has 0 atom stereocenters. The molecule has 2 aromatic rings. The molecule has 21 heavy (non-hydrogen) atoms. The van der Waals surface area contributed by atoms with Crippen LogP contribution in [-0.4, -0.2) is 23.7 Å². The van der Waals surface area contributed by atoms with Gasteiger partial charge in [-0.3, -0.25) is 0 Å². The molecule has 0 aliphatic heterocycles. The molecule has 0 aliphatic carbocycles. The van der Waals surface area contributed by atoms with E-state index < -0.39 is 27.2 Å². The van der Waals surface area contributed by atoms with Crippen molar-refractivity contribution in [3.8, 4) is 11.4 Å². The van der Waals surface area contributed by atoms with E-state index >= 15 is 0 Å². The van der Waals surface area contributed by atoms with Gasteiger partial charge in [-0.25, -0.2) is 9.07 Å². The molecular formula is C11H8F4N2O3S. The van der Waals surface area contributed by atoms with Crippen molar-refractivity contribution in [2.24, 2.45) is 0 Å². The predicted octanol–water partition coefficient (Wildman–Crippen LogP) is 2.55. The van der Waals surface area contributed by atoms with Crippen molar-refractivity contribution in [1.82, 2.24) is 9.78 Å². The SMILES string of the molecule is Cc1ccn(-c2ccc(F)c(OS(=O)(=O)C(F)(F)F)c2)n1. The van der Waals surface area contributed by atoms with Crippen LogP contribution in [0.25, 0.3) is 5.69 Å². The lowest BCUT2D eigenvalue weighted by Crippen LogP contribution is -2.28. The van der Waals surface area contributed by atoms with Crippen LogP contribution in [0.5, 0.6) is 5.75 Å². The quantitative estimate of drug-likeness (QED) is 0.494. The number of hydrogen-bond acceptors (Lipinski definition) is 4. The summed E-state index contributed by atoms with van der Waals surface area (Å²) in [5.41, 5.74) is -4.88. The predicted molar refractivity (Wildman–Crippen MR) is 63.9 cm³/mol. The van der Waals surface area contributed by atoms with E-state index in [1.807, 2.05) is 0 Å². The number of aryl methyl sites for hydroxylation is 1. The van der Waals surface area contributed by atoms with Crippen LogP contribution in [-0.2, 0) is 10.1 Å². The Morgan fingerprint density at radius 2 is 1.90 bits per heavy atom. The van der Waals surface area contributed by atoms with E-state index in [1.165, 1.54) is 16.9 Å². The highest BCUT2D eigenvalue weighted by molar-refractivity contribution is 7.88. The second kappa shape index (κ2) is 5.02. The molecule has 1 heterocycles. The molecule has 0 radical (unpaired) electrons.